The van der Waals surface area contributed by atoms with E-state index in [9.17, 15) is 14.9 Å². The van der Waals surface area contributed by atoms with Gasteiger partial charge in [-0.2, -0.15) is 5.26 Å². The maximum Gasteiger partial charge on any atom is 0.228 e. The quantitative estimate of drug-likeness (QED) is 0.816. The fraction of sp³-hybridized carbons (Fsp3) is 0.571. The SMILES string of the molecule is Cc1ccc(N2CC(C(=O)N3CCN(C(C#N)C(C)C)CC3)CC2=O)cc1. The Morgan fingerprint density at radius 3 is 2.33 bits per heavy atom. The van der Waals surface area contributed by atoms with Crippen LogP contribution < -0.4 is 4.90 Å². The maximum absolute atomic E-state index is 12.9. The summed E-state index contributed by atoms with van der Waals surface area (Å²) in [7, 11) is 0. The van der Waals surface area contributed by atoms with Gasteiger partial charge in [-0.15, -0.1) is 0 Å². The molecule has 0 aromatic heterocycles. The second kappa shape index (κ2) is 8.10. The minimum atomic E-state index is -0.276. The van der Waals surface area contributed by atoms with Crippen LogP contribution in [0.2, 0.25) is 0 Å². The highest BCUT2D eigenvalue weighted by atomic mass is 16.2. The number of hydrogen-bond acceptors (Lipinski definition) is 4. The first-order chi connectivity index (χ1) is 12.9. The van der Waals surface area contributed by atoms with Crippen LogP contribution in [0.3, 0.4) is 0 Å². The number of anilines is 1. The Hall–Kier alpha value is -2.39. The van der Waals surface area contributed by atoms with E-state index in [0.717, 1.165) is 11.3 Å². The lowest BCUT2D eigenvalue weighted by molar-refractivity contribution is -0.137. The largest absolute Gasteiger partial charge is 0.340 e. The van der Waals surface area contributed by atoms with Gasteiger partial charge in [0.1, 0.15) is 6.04 Å². The van der Waals surface area contributed by atoms with Crippen LogP contribution in [-0.4, -0.2) is 60.4 Å². The Morgan fingerprint density at radius 1 is 1.15 bits per heavy atom. The number of rotatable bonds is 4. The van der Waals surface area contributed by atoms with Gasteiger partial charge in [-0.1, -0.05) is 31.5 Å². The summed E-state index contributed by atoms with van der Waals surface area (Å²) in [5.74, 6) is 0.0749. The van der Waals surface area contributed by atoms with Crippen LogP contribution in [0.5, 0.6) is 0 Å². The number of nitrogens with zero attached hydrogens (tertiary/aromatic N) is 4. The number of piperazine rings is 1. The van der Waals surface area contributed by atoms with Crippen molar-refractivity contribution in [3.63, 3.8) is 0 Å². The van der Waals surface area contributed by atoms with E-state index in [4.69, 9.17) is 0 Å². The molecule has 3 rings (SSSR count). The average Bonchev–Trinajstić information content (AvgIpc) is 3.04. The number of nitriles is 1. The van der Waals surface area contributed by atoms with Crippen LogP contribution in [0, 0.1) is 30.1 Å². The Kier molecular flexibility index (Phi) is 5.81. The number of aryl methyl sites for hydroxylation is 1. The van der Waals surface area contributed by atoms with Crippen LogP contribution in [0.25, 0.3) is 0 Å². The van der Waals surface area contributed by atoms with Crippen molar-refractivity contribution in [2.24, 2.45) is 11.8 Å². The molecule has 0 radical (unpaired) electrons. The smallest absolute Gasteiger partial charge is 0.228 e. The first-order valence-corrected chi connectivity index (χ1v) is 9.70. The molecule has 0 bridgehead atoms. The lowest BCUT2D eigenvalue weighted by atomic mass is 10.0. The van der Waals surface area contributed by atoms with Crippen LogP contribution in [0.1, 0.15) is 25.8 Å². The molecule has 1 aromatic rings. The second-order valence-corrected chi connectivity index (χ2v) is 7.92. The molecule has 0 spiro atoms. The fourth-order valence-electron chi connectivity index (χ4n) is 3.98. The standard InChI is InChI=1S/C21H28N4O2/c1-15(2)19(13-22)23-8-10-24(11-9-23)21(27)17-12-20(26)25(14-17)18-6-4-16(3)5-7-18/h4-7,15,17,19H,8-12,14H2,1-3H3. The molecule has 2 amide bonds. The molecule has 1 aromatic carbocycles. The monoisotopic (exact) mass is 368 g/mol. The van der Waals surface area contributed by atoms with E-state index >= 15 is 0 Å². The number of carbonyl (C=O) groups excluding carboxylic acids is 2. The number of carbonyl (C=O) groups is 2. The number of hydrogen-bond donors (Lipinski definition) is 0. The van der Waals surface area contributed by atoms with Crippen LogP contribution in [0.15, 0.2) is 24.3 Å². The lowest BCUT2D eigenvalue weighted by Gasteiger charge is -2.38. The molecular weight excluding hydrogens is 340 g/mol. The van der Waals surface area contributed by atoms with E-state index < -0.39 is 0 Å². The lowest BCUT2D eigenvalue weighted by Crippen LogP contribution is -2.54. The summed E-state index contributed by atoms with van der Waals surface area (Å²) in [4.78, 5) is 31.1. The van der Waals surface area contributed by atoms with Crippen molar-refractivity contribution in [1.29, 1.82) is 5.26 Å². The Morgan fingerprint density at radius 2 is 1.78 bits per heavy atom. The van der Waals surface area contributed by atoms with Gasteiger partial charge >= 0.3 is 0 Å². The number of amides is 2. The molecule has 0 N–H and O–H groups in total. The highest BCUT2D eigenvalue weighted by molar-refractivity contribution is 6.00. The zero-order chi connectivity index (χ0) is 19.6. The first kappa shape index (κ1) is 19.4. The molecule has 144 valence electrons. The van der Waals surface area contributed by atoms with Crippen molar-refractivity contribution in [3.05, 3.63) is 29.8 Å². The Labute approximate surface area is 161 Å². The minimum Gasteiger partial charge on any atom is -0.340 e. The van der Waals surface area contributed by atoms with Gasteiger partial charge in [0.2, 0.25) is 11.8 Å². The van der Waals surface area contributed by atoms with Gasteiger partial charge in [0.25, 0.3) is 0 Å². The van der Waals surface area contributed by atoms with Gasteiger partial charge in [0.05, 0.1) is 12.0 Å². The molecule has 0 saturated carbocycles. The highest BCUT2D eigenvalue weighted by Crippen LogP contribution is 2.27. The van der Waals surface area contributed by atoms with E-state index in [-0.39, 0.29) is 36.1 Å². The highest BCUT2D eigenvalue weighted by Gasteiger charge is 2.38. The molecule has 0 aliphatic carbocycles. The molecule has 2 fully saturated rings. The van der Waals surface area contributed by atoms with Gasteiger partial charge < -0.3 is 9.80 Å². The third kappa shape index (κ3) is 4.14. The summed E-state index contributed by atoms with van der Waals surface area (Å²) in [6.07, 6.45) is 0.278. The Balaban J connectivity index is 1.59. The number of benzene rings is 1. The van der Waals surface area contributed by atoms with Crippen molar-refractivity contribution in [2.75, 3.05) is 37.6 Å². The predicted octanol–water partition coefficient (Wildman–Crippen LogP) is 2.04. The van der Waals surface area contributed by atoms with Crippen LogP contribution in [0.4, 0.5) is 5.69 Å². The van der Waals surface area contributed by atoms with Gasteiger partial charge in [-0.05, 0) is 25.0 Å². The van der Waals surface area contributed by atoms with Gasteiger partial charge in [0, 0.05) is 44.8 Å². The summed E-state index contributed by atoms with van der Waals surface area (Å²) >= 11 is 0. The molecule has 27 heavy (non-hydrogen) atoms. The van der Waals surface area contributed by atoms with Crippen molar-refractivity contribution in [3.8, 4) is 6.07 Å². The van der Waals surface area contributed by atoms with E-state index in [0.29, 0.717) is 32.7 Å². The molecule has 2 unspecified atom stereocenters. The summed E-state index contributed by atoms with van der Waals surface area (Å²) in [5, 5.41) is 9.36. The summed E-state index contributed by atoms with van der Waals surface area (Å²) in [6.45, 7) is 9.24. The molecule has 2 aliphatic rings. The fourth-order valence-corrected chi connectivity index (χ4v) is 3.98. The maximum atomic E-state index is 12.9. The van der Waals surface area contributed by atoms with E-state index in [1.54, 1.807) is 4.90 Å². The minimum absolute atomic E-state index is 0.0141. The van der Waals surface area contributed by atoms with E-state index in [1.165, 1.54) is 0 Å². The van der Waals surface area contributed by atoms with Crippen molar-refractivity contribution in [2.45, 2.75) is 33.2 Å². The molecule has 6 heteroatoms. The van der Waals surface area contributed by atoms with Gasteiger partial charge in [-0.25, -0.2) is 0 Å². The Bertz CT molecular complexity index is 730. The zero-order valence-electron chi connectivity index (χ0n) is 16.4. The van der Waals surface area contributed by atoms with Gasteiger partial charge in [-0.3, -0.25) is 14.5 Å². The predicted molar refractivity (Wildman–Crippen MR) is 104 cm³/mol. The van der Waals surface area contributed by atoms with Gasteiger partial charge in [0.15, 0.2) is 0 Å². The summed E-state index contributed by atoms with van der Waals surface area (Å²) in [6, 6.07) is 10.1. The molecular formula is C21H28N4O2. The molecule has 2 aliphatic heterocycles. The third-order valence-corrected chi connectivity index (χ3v) is 5.60. The average molecular weight is 368 g/mol. The van der Waals surface area contributed by atoms with Crippen molar-refractivity contribution >= 4 is 17.5 Å². The second-order valence-electron chi connectivity index (χ2n) is 7.92. The normalized spacial score (nSPS) is 22.2. The van der Waals surface area contributed by atoms with E-state index in [2.05, 4.69) is 24.8 Å². The first-order valence-electron chi connectivity index (χ1n) is 9.70. The topological polar surface area (TPSA) is 67.7 Å². The summed E-state index contributed by atoms with van der Waals surface area (Å²) < 4.78 is 0. The van der Waals surface area contributed by atoms with Crippen molar-refractivity contribution < 1.29 is 9.59 Å². The zero-order valence-corrected chi connectivity index (χ0v) is 16.4. The molecule has 2 atom stereocenters. The summed E-state index contributed by atoms with van der Waals surface area (Å²) in [5.41, 5.74) is 2.01. The molecule has 6 nitrogen and oxygen atoms in total. The molecule has 2 saturated heterocycles. The van der Waals surface area contributed by atoms with Crippen LogP contribution in [-0.2, 0) is 9.59 Å². The van der Waals surface area contributed by atoms with Crippen molar-refractivity contribution in [1.82, 2.24) is 9.80 Å². The molecule has 2 heterocycles. The van der Waals surface area contributed by atoms with E-state index in [1.807, 2.05) is 36.1 Å². The third-order valence-electron chi connectivity index (χ3n) is 5.60. The van der Waals surface area contributed by atoms with Crippen LogP contribution >= 0.6 is 0 Å².